The molecule has 2 aromatic carbocycles. The molecule has 3 rings (SSSR count). The van der Waals surface area contributed by atoms with E-state index >= 15 is 0 Å². The first-order valence-electron chi connectivity index (χ1n) is 6.75. The first-order valence-corrected chi connectivity index (χ1v) is 6.75. The fraction of sp³-hybridized carbons (Fsp3) is 0.375. The quantitative estimate of drug-likeness (QED) is 0.869. The van der Waals surface area contributed by atoms with Crippen molar-refractivity contribution in [2.75, 3.05) is 6.61 Å². The summed E-state index contributed by atoms with van der Waals surface area (Å²) >= 11 is 0. The third-order valence-corrected chi connectivity index (χ3v) is 3.54. The Kier molecular flexibility index (Phi) is 3.17. The highest BCUT2D eigenvalue weighted by Gasteiger charge is 2.30. The van der Waals surface area contributed by atoms with Crippen molar-refractivity contribution in [1.82, 2.24) is 5.32 Å². The van der Waals surface area contributed by atoms with Crippen LogP contribution in [0.4, 0.5) is 0 Å². The van der Waals surface area contributed by atoms with Crippen molar-refractivity contribution >= 4 is 10.8 Å². The lowest BCUT2D eigenvalue weighted by Crippen LogP contribution is -2.42. The zero-order valence-corrected chi connectivity index (χ0v) is 11.3. The third-order valence-electron chi connectivity index (χ3n) is 3.54. The molecule has 3 heteroatoms. The van der Waals surface area contributed by atoms with E-state index in [1.807, 2.05) is 12.1 Å². The summed E-state index contributed by atoms with van der Waals surface area (Å²) in [6.07, 6.45) is -0.504. The Morgan fingerprint density at radius 1 is 1.21 bits per heavy atom. The van der Waals surface area contributed by atoms with E-state index in [9.17, 15) is 5.11 Å². The average molecular weight is 257 g/mol. The average Bonchev–Trinajstić information content (AvgIpc) is 2.41. The summed E-state index contributed by atoms with van der Waals surface area (Å²) in [5, 5.41) is 15.9. The highest BCUT2D eigenvalue weighted by molar-refractivity contribution is 5.90. The molecule has 2 atom stereocenters. The van der Waals surface area contributed by atoms with Gasteiger partial charge in [0.2, 0.25) is 0 Å². The summed E-state index contributed by atoms with van der Waals surface area (Å²) in [5.74, 6) is 0.904. The van der Waals surface area contributed by atoms with Gasteiger partial charge in [-0.3, -0.25) is 0 Å². The van der Waals surface area contributed by atoms with Crippen molar-refractivity contribution in [2.24, 2.45) is 0 Å². The van der Waals surface area contributed by atoms with Gasteiger partial charge >= 0.3 is 0 Å². The van der Waals surface area contributed by atoms with Crippen LogP contribution in [0.1, 0.15) is 25.5 Å². The highest BCUT2D eigenvalue weighted by atomic mass is 16.5. The molecule has 1 heterocycles. The van der Waals surface area contributed by atoms with E-state index in [0.29, 0.717) is 12.6 Å². The molecule has 0 saturated carbocycles. The molecule has 1 aliphatic heterocycles. The molecule has 1 aliphatic rings. The number of aliphatic hydroxyl groups excluding tert-OH is 1. The van der Waals surface area contributed by atoms with Crippen LogP contribution < -0.4 is 10.1 Å². The van der Waals surface area contributed by atoms with E-state index in [4.69, 9.17) is 4.74 Å². The number of ether oxygens (including phenoxy) is 1. The van der Waals surface area contributed by atoms with Crippen molar-refractivity contribution < 1.29 is 9.84 Å². The smallest absolute Gasteiger partial charge is 0.132 e. The van der Waals surface area contributed by atoms with Gasteiger partial charge in [0, 0.05) is 17.0 Å². The summed E-state index contributed by atoms with van der Waals surface area (Å²) in [6, 6.07) is 12.6. The Morgan fingerprint density at radius 2 is 2.00 bits per heavy atom. The molecule has 0 amide bonds. The lowest BCUT2D eigenvalue weighted by atomic mass is 9.94. The van der Waals surface area contributed by atoms with Crippen LogP contribution in [-0.2, 0) is 0 Å². The van der Waals surface area contributed by atoms with E-state index in [1.54, 1.807) is 0 Å². The summed E-state index contributed by atoms with van der Waals surface area (Å²) in [7, 11) is 0. The topological polar surface area (TPSA) is 41.5 Å². The van der Waals surface area contributed by atoms with Crippen LogP contribution in [0.2, 0.25) is 0 Å². The molecule has 0 radical (unpaired) electrons. The summed E-state index contributed by atoms with van der Waals surface area (Å²) in [6.45, 7) is 4.51. The predicted molar refractivity (Wildman–Crippen MR) is 76.5 cm³/mol. The predicted octanol–water partition coefficient (Wildman–Crippen LogP) is 2.63. The molecule has 0 unspecified atom stereocenters. The van der Waals surface area contributed by atoms with Crippen LogP contribution in [0.5, 0.6) is 5.75 Å². The molecule has 19 heavy (non-hydrogen) atoms. The number of fused-ring (bicyclic) bond motifs is 3. The minimum absolute atomic E-state index is 0.0617. The zero-order chi connectivity index (χ0) is 13.4. The van der Waals surface area contributed by atoms with Crippen molar-refractivity contribution in [2.45, 2.75) is 32.0 Å². The van der Waals surface area contributed by atoms with Crippen molar-refractivity contribution in [1.29, 1.82) is 0 Å². The fourth-order valence-corrected chi connectivity index (χ4v) is 2.70. The number of rotatable bonds is 2. The van der Waals surface area contributed by atoms with E-state index in [2.05, 4.69) is 43.4 Å². The van der Waals surface area contributed by atoms with Crippen molar-refractivity contribution in [3.63, 3.8) is 0 Å². The molecular weight excluding hydrogens is 238 g/mol. The number of hydrogen-bond acceptors (Lipinski definition) is 3. The number of nitrogens with one attached hydrogen (secondary N) is 1. The largest absolute Gasteiger partial charge is 0.490 e. The van der Waals surface area contributed by atoms with Gasteiger partial charge in [0.25, 0.3) is 0 Å². The monoisotopic (exact) mass is 257 g/mol. The van der Waals surface area contributed by atoms with Gasteiger partial charge in [0.1, 0.15) is 18.5 Å². The second kappa shape index (κ2) is 4.83. The highest BCUT2D eigenvalue weighted by Crippen LogP contribution is 2.38. The Morgan fingerprint density at radius 3 is 2.79 bits per heavy atom. The maximum absolute atomic E-state index is 10.1. The number of benzene rings is 2. The van der Waals surface area contributed by atoms with E-state index in [0.717, 1.165) is 16.7 Å². The molecule has 0 spiro atoms. The summed E-state index contributed by atoms with van der Waals surface area (Å²) in [5.41, 5.74) is 1.05. The maximum atomic E-state index is 10.1. The van der Waals surface area contributed by atoms with Crippen LogP contribution in [0.15, 0.2) is 36.4 Å². The second-order valence-corrected chi connectivity index (χ2v) is 5.38. The minimum Gasteiger partial charge on any atom is -0.490 e. The van der Waals surface area contributed by atoms with Crippen LogP contribution in [0.3, 0.4) is 0 Å². The SMILES string of the molecule is CC(C)N[C@H]1c2ccc3ccccc3c2OC[C@@H]1O. The molecular formula is C16H19NO2. The lowest BCUT2D eigenvalue weighted by Gasteiger charge is -2.33. The zero-order valence-electron chi connectivity index (χ0n) is 11.3. The van der Waals surface area contributed by atoms with Gasteiger partial charge in [-0.2, -0.15) is 0 Å². The molecule has 0 bridgehead atoms. The van der Waals surface area contributed by atoms with Crippen molar-refractivity contribution in [3.05, 3.63) is 42.0 Å². The fourth-order valence-electron chi connectivity index (χ4n) is 2.70. The van der Waals surface area contributed by atoms with Gasteiger partial charge in [-0.1, -0.05) is 50.2 Å². The molecule has 0 aliphatic carbocycles. The van der Waals surface area contributed by atoms with Crippen LogP contribution in [-0.4, -0.2) is 23.9 Å². The maximum Gasteiger partial charge on any atom is 0.132 e. The minimum atomic E-state index is -0.504. The van der Waals surface area contributed by atoms with E-state index in [-0.39, 0.29) is 6.04 Å². The van der Waals surface area contributed by atoms with Crippen molar-refractivity contribution in [3.8, 4) is 5.75 Å². The molecule has 100 valence electrons. The summed E-state index contributed by atoms with van der Waals surface area (Å²) in [4.78, 5) is 0. The Bertz CT molecular complexity index is 594. The number of hydrogen-bond donors (Lipinski definition) is 2. The van der Waals surface area contributed by atoms with E-state index in [1.165, 1.54) is 5.39 Å². The van der Waals surface area contributed by atoms with E-state index < -0.39 is 6.10 Å². The molecule has 3 nitrogen and oxygen atoms in total. The second-order valence-electron chi connectivity index (χ2n) is 5.38. The van der Waals surface area contributed by atoms with Gasteiger partial charge in [-0.05, 0) is 5.39 Å². The van der Waals surface area contributed by atoms with Gasteiger partial charge in [-0.25, -0.2) is 0 Å². The molecule has 0 aromatic heterocycles. The molecule has 0 fully saturated rings. The third kappa shape index (κ3) is 2.20. The lowest BCUT2D eigenvalue weighted by molar-refractivity contribution is 0.0532. The Labute approximate surface area is 113 Å². The van der Waals surface area contributed by atoms with Crippen LogP contribution in [0, 0.1) is 0 Å². The van der Waals surface area contributed by atoms with Gasteiger partial charge in [0.15, 0.2) is 0 Å². The number of aliphatic hydroxyl groups is 1. The Hall–Kier alpha value is -1.58. The van der Waals surface area contributed by atoms with Gasteiger partial charge < -0.3 is 15.2 Å². The standard InChI is InChI=1S/C16H19NO2/c1-10(2)17-15-13-8-7-11-5-3-4-6-12(11)16(13)19-9-14(15)18/h3-8,10,14-15,17-18H,9H2,1-2H3/t14-,15-/m0/s1. The van der Waals surface area contributed by atoms with Crippen LogP contribution in [0.25, 0.3) is 10.8 Å². The van der Waals surface area contributed by atoms with Gasteiger partial charge in [0.05, 0.1) is 6.04 Å². The normalized spacial score (nSPS) is 22.3. The first kappa shape index (κ1) is 12.5. The summed E-state index contributed by atoms with van der Waals surface area (Å²) < 4.78 is 5.77. The Balaban J connectivity index is 2.12. The van der Waals surface area contributed by atoms with Crippen LogP contribution >= 0.6 is 0 Å². The molecule has 2 N–H and O–H groups in total. The molecule has 0 saturated heterocycles. The first-order chi connectivity index (χ1) is 9.16. The molecule has 2 aromatic rings. The van der Waals surface area contributed by atoms with Gasteiger partial charge in [-0.15, -0.1) is 0 Å².